The number of hydrogen-bond acceptors (Lipinski definition) is 5. The van der Waals surface area contributed by atoms with E-state index < -0.39 is 0 Å². The van der Waals surface area contributed by atoms with Gasteiger partial charge in [-0.15, -0.1) is 0 Å². The molecule has 4 rings (SSSR count). The van der Waals surface area contributed by atoms with Crippen molar-refractivity contribution >= 4 is 5.97 Å². The SMILES string of the molecule is COC(=O)c1ccnc(-c2cn(CCN(C)Cc3ccc(C4CC4)cc3)cn2)c1. The summed E-state index contributed by atoms with van der Waals surface area (Å²) in [4.78, 5) is 22.8. The van der Waals surface area contributed by atoms with Gasteiger partial charge in [0.2, 0.25) is 0 Å². The zero-order valence-electron chi connectivity index (χ0n) is 16.9. The lowest BCUT2D eigenvalue weighted by molar-refractivity contribution is 0.0600. The van der Waals surface area contributed by atoms with Crippen LogP contribution in [0.2, 0.25) is 0 Å². The number of ether oxygens (including phenoxy) is 1. The predicted molar refractivity (Wildman–Crippen MR) is 112 cm³/mol. The maximum absolute atomic E-state index is 11.7. The van der Waals surface area contributed by atoms with Crippen LogP contribution in [0.5, 0.6) is 0 Å². The minimum atomic E-state index is -0.375. The van der Waals surface area contributed by atoms with E-state index in [0.29, 0.717) is 11.3 Å². The maximum atomic E-state index is 11.7. The second-order valence-corrected chi connectivity index (χ2v) is 7.67. The monoisotopic (exact) mass is 390 g/mol. The molecule has 0 spiro atoms. The normalized spacial score (nSPS) is 13.6. The molecule has 29 heavy (non-hydrogen) atoms. The Morgan fingerprint density at radius 1 is 1.17 bits per heavy atom. The highest BCUT2D eigenvalue weighted by Gasteiger charge is 2.22. The molecule has 0 unspecified atom stereocenters. The van der Waals surface area contributed by atoms with Crippen LogP contribution < -0.4 is 0 Å². The average Bonchev–Trinajstić information content (AvgIpc) is 3.49. The largest absolute Gasteiger partial charge is 0.465 e. The molecular formula is C23H26N4O2. The van der Waals surface area contributed by atoms with E-state index in [1.165, 1.54) is 31.1 Å². The van der Waals surface area contributed by atoms with Crippen molar-refractivity contribution in [3.8, 4) is 11.4 Å². The second-order valence-electron chi connectivity index (χ2n) is 7.67. The fourth-order valence-corrected chi connectivity index (χ4v) is 3.42. The zero-order chi connectivity index (χ0) is 20.2. The standard InChI is InChI=1S/C23H26N4O2/c1-26(14-17-3-5-18(6-4-17)19-7-8-19)11-12-27-15-22(25-16-27)21-13-20(9-10-24-21)23(28)29-2/h3-6,9-10,13,15-16,19H,7-8,11-12,14H2,1-2H3. The van der Waals surface area contributed by atoms with Gasteiger partial charge in [-0.2, -0.15) is 0 Å². The van der Waals surface area contributed by atoms with Crippen molar-refractivity contribution in [2.24, 2.45) is 0 Å². The molecular weight excluding hydrogens is 364 g/mol. The highest BCUT2D eigenvalue weighted by molar-refractivity contribution is 5.90. The van der Waals surface area contributed by atoms with Gasteiger partial charge in [-0.25, -0.2) is 9.78 Å². The third kappa shape index (κ3) is 4.90. The van der Waals surface area contributed by atoms with E-state index in [-0.39, 0.29) is 5.97 Å². The number of benzene rings is 1. The van der Waals surface area contributed by atoms with Crippen molar-refractivity contribution in [3.63, 3.8) is 0 Å². The van der Waals surface area contributed by atoms with E-state index >= 15 is 0 Å². The molecule has 1 aromatic carbocycles. The summed E-state index contributed by atoms with van der Waals surface area (Å²) in [6.45, 7) is 2.67. The molecule has 0 N–H and O–H groups in total. The van der Waals surface area contributed by atoms with Crippen molar-refractivity contribution in [2.75, 3.05) is 20.7 Å². The average molecular weight is 390 g/mol. The molecule has 1 aliphatic rings. The summed E-state index contributed by atoms with van der Waals surface area (Å²) < 4.78 is 6.82. The van der Waals surface area contributed by atoms with Gasteiger partial charge >= 0.3 is 5.97 Å². The van der Waals surface area contributed by atoms with Gasteiger partial charge in [-0.1, -0.05) is 24.3 Å². The summed E-state index contributed by atoms with van der Waals surface area (Å²) >= 11 is 0. The van der Waals surface area contributed by atoms with Crippen LogP contribution in [0.15, 0.2) is 55.1 Å². The Hall–Kier alpha value is -2.99. The van der Waals surface area contributed by atoms with Crippen LogP contribution in [0.1, 0.15) is 40.2 Å². The molecule has 2 heterocycles. The lowest BCUT2D eigenvalue weighted by Crippen LogP contribution is -2.22. The highest BCUT2D eigenvalue weighted by Crippen LogP contribution is 2.39. The third-order valence-corrected chi connectivity index (χ3v) is 5.30. The quantitative estimate of drug-likeness (QED) is 0.549. The third-order valence-electron chi connectivity index (χ3n) is 5.30. The van der Waals surface area contributed by atoms with Gasteiger partial charge in [0.15, 0.2) is 0 Å². The van der Waals surface area contributed by atoms with Gasteiger partial charge in [0.25, 0.3) is 0 Å². The summed E-state index contributed by atoms with van der Waals surface area (Å²) in [5, 5.41) is 0. The number of pyridine rings is 1. The number of carbonyl (C=O) groups excluding carboxylic acids is 1. The van der Waals surface area contributed by atoms with Crippen LogP contribution in [0.3, 0.4) is 0 Å². The van der Waals surface area contributed by atoms with Crippen molar-refractivity contribution < 1.29 is 9.53 Å². The molecule has 1 fully saturated rings. The van der Waals surface area contributed by atoms with Crippen LogP contribution in [0, 0.1) is 0 Å². The smallest absolute Gasteiger partial charge is 0.337 e. The van der Waals surface area contributed by atoms with Crippen LogP contribution in [-0.4, -0.2) is 46.1 Å². The fourth-order valence-electron chi connectivity index (χ4n) is 3.42. The molecule has 0 radical (unpaired) electrons. The Morgan fingerprint density at radius 3 is 2.69 bits per heavy atom. The molecule has 6 nitrogen and oxygen atoms in total. The molecule has 1 saturated carbocycles. The van der Waals surface area contributed by atoms with E-state index in [4.69, 9.17) is 4.74 Å². The van der Waals surface area contributed by atoms with E-state index in [9.17, 15) is 4.79 Å². The minimum absolute atomic E-state index is 0.375. The van der Waals surface area contributed by atoms with Gasteiger partial charge < -0.3 is 14.2 Å². The zero-order valence-corrected chi connectivity index (χ0v) is 16.9. The van der Waals surface area contributed by atoms with Gasteiger partial charge in [-0.05, 0) is 49.1 Å². The van der Waals surface area contributed by atoms with Crippen molar-refractivity contribution in [3.05, 3.63) is 71.8 Å². The molecule has 6 heteroatoms. The number of likely N-dealkylation sites (N-methyl/N-ethyl adjacent to an activating group) is 1. The number of aromatic nitrogens is 3. The summed E-state index contributed by atoms with van der Waals surface area (Å²) in [6.07, 6.45) is 8.05. The maximum Gasteiger partial charge on any atom is 0.337 e. The Morgan fingerprint density at radius 2 is 1.97 bits per heavy atom. The lowest BCUT2D eigenvalue weighted by atomic mass is 10.1. The Labute approximate surface area is 171 Å². The van der Waals surface area contributed by atoms with E-state index in [0.717, 1.165) is 31.2 Å². The van der Waals surface area contributed by atoms with E-state index in [1.54, 1.807) is 24.7 Å². The molecule has 0 amide bonds. The summed E-state index contributed by atoms with van der Waals surface area (Å²) in [6, 6.07) is 12.4. The van der Waals surface area contributed by atoms with Crippen LogP contribution in [0.4, 0.5) is 0 Å². The Kier molecular flexibility index (Phi) is 5.71. The molecule has 0 aliphatic heterocycles. The van der Waals surface area contributed by atoms with Crippen LogP contribution in [0.25, 0.3) is 11.4 Å². The number of imidazole rings is 1. The Bertz CT molecular complexity index is 977. The summed E-state index contributed by atoms with van der Waals surface area (Å²) in [5.74, 6) is 0.430. The predicted octanol–water partition coefficient (Wildman–Crippen LogP) is 3.74. The first-order valence-corrected chi connectivity index (χ1v) is 9.96. The topological polar surface area (TPSA) is 60.2 Å². The first-order chi connectivity index (χ1) is 14.1. The lowest BCUT2D eigenvalue weighted by Gasteiger charge is -2.17. The molecule has 2 aromatic heterocycles. The molecule has 0 bridgehead atoms. The molecule has 0 saturated heterocycles. The number of hydrogen-bond donors (Lipinski definition) is 0. The first kappa shape index (κ1) is 19.3. The number of methoxy groups -OCH3 is 1. The van der Waals surface area contributed by atoms with E-state index in [2.05, 4.69) is 50.7 Å². The second kappa shape index (κ2) is 8.57. The first-order valence-electron chi connectivity index (χ1n) is 9.96. The van der Waals surface area contributed by atoms with E-state index in [1.807, 2.05) is 6.20 Å². The van der Waals surface area contributed by atoms with Crippen LogP contribution >= 0.6 is 0 Å². The number of carbonyl (C=O) groups is 1. The summed E-state index contributed by atoms with van der Waals surface area (Å²) in [5.41, 5.74) is 4.70. The van der Waals surface area contributed by atoms with Gasteiger partial charge in [0, 0.05) is 32.0 Å². The summed E-state index contributed by atoms with van der Waals surface area (Å²) in [7, 11) is 3.50. The fraction of sp³-hybridized carbons (Fsp3) is 0.348. The van der Waals surface area contributed by atoms with Crippen LogP contribution in [-0.2, 0) is 17.8 Å². The molecule has 3 aromatic rings. The van der Waals surface area contributed by atoms with Crippen molar-refractivity contribution in [1.29, 1.82) is 0 Å². The molecule has 150 valence electrons. The minimum Gasteiger partial charge on any atom is -0.465 e. The molecule has 0 atom stereocenters. The van der Waals surface area contributed by atoms with Crippen molar-refractivity contribution in [1.82, 2.24) is 19.4 Å². The molecule has 1 aliphatic carbocycles. The van der Waals surface area contributed by atoms with Gasteiger partial charge in [0.1, 0.15) is 5.69 Å². The number of nitrogens with zero attached hydrogens (tertiary/aromatic N) is 4. The highest BCUT2D eigenvalue weighted by atomic mass is 16.5. The van der Waals surface area contributed by atoms with Gasteiger partial charge in [-0.3, -0.25) is 4.98 Å². The Balaban J connectivity index is 1.32. The number of esters is 1. The van der Waals surface area contributed by atoms with Gasteiger partial charge in [0.05, 0.1) is 24.7 Å². The van der Waals surface area contributed by atoms with Crippen molar-refractivity contribution in [2.45, 2.75) is 31.8 Å². The number of rotatable bonds is 8.